The van der Waals surface area contributed by atoms with Crippen LogP contribution >= 0.6 is 0 Å². The minimum atomic E-state index is -1.52. The molecule has 0 fully saturated rings. The van der Waals surface area contributed by atoms with Crippen molar-refractivity contribution in [3.8, 4) is 0 Å². The van der Waals surface area contributed by atoms with Gasteiger partial charge in [-0.15, -0.1) is 0 Å². The van der Waals surface area contributed by atoms with Crippen LogP contribution in [0.25, 0.3) is 0 Å². The van der Waals surface area contributed by atoms with Crippen molar-refractivity contribution in [2.45, 2.75) is 257 Å². The monoisotopic (exact) mass is 1020 g/mol. The number of nitrogens with zero attached hydrogens (tertiary/aromatic N) is 1. The standard InChI is InChI=1S/C64H111NO8/c1-6-8-10-12-14-16-18-20-22-24-26-27-28-29-30-31-32-33-34-35-37-39-41-43-45-47-49-51-53-55-62(67)73-60(59-72-64(63(68)69)70-57-56-65(3,4)5)58-71-61(66)54-52-50-48-46-44-42-40-38-36-25-23-21-19-17-15-13-11-9-7-2/h8,10,14-17,20-23,26-27,36,38,60,64H,6-7,9,11-13,18-19,24-25,28-35,37,39-59H2,1-5H3/p+1/b10-8-,16-14-,17-15-,22-20-,23-21-,27-26-,38-36-. The summed E-state index contributed by atoms with van der Waals surface area (Å²) >= 11 is 0. The molecule has 73 heavy (non-hydrogen) atoms. The number of carbonyl (C=O) groups is 3. The van der Waals surface area contributed by atoms with Gasteiger partial charge in [0.1, 0.15) is 13.2 Å². The molecular weight excluding hydrogens is 911 g/mol. The van der Waals surface area contributed by atoms with Crippen LogP contribution in [0.15, 0.2) is 85.1 Å². The predicted molar refractivity (Wildman–Crippen MR) is 309 cm³/mol. The Kier molecular flexibility index (Phi) is 52.1. The third-order valence-corrected chi connectivity index (χ3v) is 12.6. The highest BCUT2D eigenvalue weighted by molar-refractivity contribution is 5.71. The highest BCUT2D eigenvalue weighted by Gasteiger charge is 2.25. The third kappa shape index (κ3) is 56.0. The first-order valence-electron chi connectivity index (χ1n) is 29.8. The largest absolute Gasteiger partial charge is 0.477 e. The minimum absolute atomic E-state index is 0.183. The molecule has 0 radical (unpaired) electrons. The number of hydrogen-bond acceptors (Lipinski definition) is 7. The second kappa shape index (κ2) is 54.7. The summed E-state index contributed by atoms with van der Waals surface area (Å²) in [6.45, 7) is 4.73. The molecule has 0 aliphatic rings. The van der Waals surface area contributed by atoms with E-state index in [-0.39, 0.29) is 38.6 Å². The molecular formula is C64H112NO8+. The fourth-order valence-corrected chi connectivity index (χ4v) is 8.07. The van der Waals surface area contributed by atoms with E-state index in [0.29, 0.717) is 11.0 Å². The molecule has 0 aromatic carbocycles. The second-order valence-corrected chi connectivity index (χ2v) is 20.9. The van der Waals surface area contributed by atoms with Gasteiger partial charge in [-0.05, 0) is 89.9 Å². The van der Waals surface area contributed by atoms with E-state index in [2.05, 4.69) is 98.9 Å². The molecule has 0 aliphatic carbocycles. The zero-order chi connectivity index (χ0) is 53.4. The zero-order valence-corrected chi connectivity index (χ0v) is 47.8. The average Bonchev–Trinajstić information content (AvgIpc) is 3.36. The summed E-state index contributed by atoms with van der Waals surface area (Å²) in [6.07, 6.45) is 69.5. The van der Waals surface area contributed by atoms with Crippen LogP contribution in [-0.4, -0.2) is 87.4 Å². The molecule has 420 valence electrons. The highest BCUT2D eigenvalue weighted by atomic mass is 16.7. The van der Waals surface area contributed by atoms with Gasteiger partial charge in [-0.3, -0.25) is 9.59 Å². The highest BCUT2D eigenvalue weighted by Crippen LogP contribution is 2.16. The van der Waals surface area contributed by atoms with Crippen LogP contribution in [-0.2, 0) is 33.3 Å². The Labute approximate surface area is 449 Å². The Morgan fingerprint density at radius 2 is 0.781 bits per heavy atom. The minimum Gasteiger partial charge on any atom is -0.477 e. The molecule has 0 saturated carbocycles. The molecule has 0 heterocycles. The van der Waals surface area contributed by atoms with Gasteiger partial charge in [-0.1, -0.05) is 227 Å². The van der Waals surface area contributed by atoms with Crippen molar-refractivity contribution in [3.63, 3.8) is 0 Å². The third-order valence-electron chi connectivity index (χ3n) is 12.6. The number of ether oxygens (including phenoxy) is 4. The van der Waals surface area contributed by atoms with Crippen LogP contribution in [0.3, 0.4) is 0 Å². The Morgan fingerprint density at radius 3 is 1.16 bits per heavy atom. The molecule has 0 aromatic heterocycles. The molecule has 2 unspecified atom stereocenters. The Balaban J connectivity index is 4.21. The number of carboxylic acids is 1. The average molecular weight is 1020 g/mol. The van der Waals surface area contributed by atoms with E-state index in [1.165, 1.54) is 128 Å². The van der Waals surface area contributed by atoms with E-state index in [1.54, 1.807) is 0 Å². The van der Waals surface area contributed by atoms with Crippen molar-refractivity contribution in [2.75, 3.05) is 47.5 Å². The SMILES string of the molecule is CC/C=C\C/C=C\C/C=C\C/C=C\CCCCCCCCCCCCCCCCCCC(=O)OC(COC(=O)CCCCCCCC/C=C\C/C=C\C/C=C\CCCCC)COC(OCC[N+](C)(C)C)C(=O)O. The summed E-state index contributed by atoms with van der Waals surface area (Å²) in [5.41, 5.74) is 0. The molecule has 9 nitrogen and oxygen atoms in total. The number of unbranched alkanes of at least 4 members (excludes halogenated alkanes) is 25. The number of esters is 2. The molecule has 0 bridgehead atoms. The number of quaternary nitrogens is 1. The van der Waals surface area contributed by atoms with Gasteiger partial charge >= 0.3 is 17.9 Å². The summed E-state index contributed by atoms with van der Waals surface area (Å²) in [7, 11) is 5.96. The van der Waals surface area contributed by atoms with Crippen LogP contribution < -0.4 is 0 Å². The van der Waals surface area contributed by atoms with Gasteiger partial charge in [0.2, 0.25) is 0 Å². The number of likely N-dealkylation sites (N-methyl/N-ethyl adjacent to an activating group) is 1. The van der Waals surface area contributed by atoms with E-state index in [1.807, 2.05) is 21.1 Å². The Morgan fingerprint density at radius 1 is 0.425 bits per heavy atom. The lowest BCUT2D eigenvalue weighted by molar-refractivity contribution is -0.870. The van der Waals surface area contributed by atoms with Gasteiger partial charge < -0.3 is 28.5 Å². The van der Waals surface area contributed by atoms with Gasteiger partial charge in [0.25, 0.3) is 6.29 Å². The molecule has 0 aliphatic heterocycles. The first-order valence-corrected chi connectivity index (χ1v) is 29.8. The van der Waals surface area contributed by atoms with E-state index < -0.39 is 24.3 Å². The van der Waals surface area contributed by atoms with Crippen molar-refractivity contribution in [2.24, 2.45) is 0 Å². The van der Waals surface area contributed by atoms with Crippen molar-refractivity contribution in [1.82, 2.24) is 0 Å². The molecule has 0 spiro atoms. The van der Waals surface area contributed by atoms with Crippen LogP contribution in [0.2, 0.25) is 0 Å². The van der Waals surface area contributed by atoms with Crippen LogP contribution in [0, 0.1) is 0 Å². The van der Waals surface area contributed by atoms with E-state index >= 15 is 0 Å². The fourth-order valence-electron chi connectivity index (χ4n) is 8.07. The van der Waals surface area contributed by atoms with Gasteiger partial charge in [0, 0.05) is 12.8 Å². The maximum atomic E-state index is 12.9. The molecule has 1 N–H and O–H groups in total. The first-order chi connectivity index (χ1) is 35.6. The van der Waals surface area contributed by atoms with Gasteiger partial charge in [0.15, 0.2) is 6.10 Å². The van der Waals surface area contributed by atoms with Crippen LogP contribution in [0.1, 0.15) is 245 Å². The van der Waals surface area contributed by atoms with Gasteiger partial charge in [-0.2, -0.15) is 0 Å². The van der Waals surface area contributed by atoms with Crippen molar-refractivity contribution >= 4 is 17.9 Å². The smallest absolute Gasteiger partial charge is 0.361 e. The predicted octanol–water partition coefficient (Wildman–Crippen LogP) is 17.6. The number of rotatable bonds is 54. The summed E-state index contributed by atoms with van der Waals surface area (Å²) in [5.74, 6) is -2.02. The zero-order valence-electron chi connectivity index (χ0n) is 47.8. The normalized spacial score (nSPS) is 13.4. The lowest BCUT2D eigenvalue weighted by atomic mass is 10.0. The van der Waals surface area contributed by atoms with Gasteiger partial charge in [0.05, 0.1) is 34.4 Å². The summed E-state index contributed by atoms with van der Waals surface area (Å²) in [5, 5.41) is 9.71. The number of hydrogen-bond donors (Lipinski definition) is 1. The maximum Gasteiger partial charge on any atom is 0.361 e. The quantitative estimate of drug-likeness (QED) is 0.0211. The topological polar surface area (TPSA) is 108 Å². The first kappa shape index (κ1) is 69.5. The van der Waals surface area contributed by atoms with E-state index in [9.17, 15) is 19.5 Å². The Bertz CT molecular complexity index is 1470. The van der Waals surface area contributed by atoms with Crippen molar-refractivity contribution < 1.29 is 42.9 Å². The second-order valence-electron chi connectivity index (χ2n) is 20.9. The lowest BCUT2D eigenvalue weighted by Gasteiger charge is -2.25. The number of carboxylic acid groups (broad SMARTS) is 1. The summed E-state index contributed by atoms with van der Waals surface area (Å²) in [6, 6.07) is 0. The number of aliphatic carboxylic acids is 1. The summed E-state index contributed by atoms with van der Waals surface area (Å²) < 4.78 is 22.9. The van der Waals surface area contributed by atoms with E-state index in [0.717, 1.165) is 89.9 Å². The fraction of sp³-hybridized carbons (Fsp3) is 0.734. The molecule has 0 amide bonds. The maximum absolute atomic E-state index is 12.9. The number of allylic oxidation sites excluding steroid dienone is 14. The van der Waals surface area contributed by atoms with Crippen LogP contribution in [0.5, 0.6) is 0 Å². The molecule has 0 rings (SSSR count). The molecule has 0 saturated heterocycles. The molecule has 2 atom stereocenters. The number of carbonyl (C=O) groups excluding carboxylic acids is 2. The molecule has 9 heteroatoms. The van der Waals surface area contributed by atoms with Crippen molar-refractivity contribution in [3.05, 3.63) is 85.1 Å². The van der Waals surface area contributed by atoms with Gasteiger partial charge in [-0.25, -0.2) is 4.79 Å². The van der Waals surface area contributed by atoms with Crippen LogP contribution in [0.4, 0.5) is 0 Å². The lowest BCUT2D eigenvalue weighted by Crippen LogP contribution is -2.40. The van der Waals surface area contributed by atoms with E-state index in [4.69, 9.17) is 18.9 Å². The summed E-state index contributed by atoms with van der Waals surface area (Å²) in [4.78, 5) is 37.4. The Hall–Kier alpha value is -3.53. The molecule has 0 aromatic rings. The van der Waals surface area contributed by atoms with Crippen molar-refractivity contribution in [1.29, 1.82) is 0 Å².